The Kier molecular flexibility index (Phi) is 2.83. The van der Waals surface area contributed by atoms with E-state index < -0.39 is 6.10 Å². The van der Waals surface area contributed by atoms with Crippen molar-refractivity contribution in [1.82, 2.24) is 4.98 Å². The molecule has 0 aliphatic heterocycles. The molecule has 3 nitrogen and oxygen atoms in total. The van der Waals surface area contributed by atoms with Gasteiger partial charge in [0, 0.05) is 18.8 Å². The number of pyridine rings is 1. The lowest BCUT2D eigenvalue weighted by atomic mass is 10.0. The van der Waals surface area contributed by atoms with E-state index in [2.05, 4.69) is 4.98 Å². The SMILES string of the molecule is Cc1cnccc1C(O)Cc1ccco1. The Labute approximate surface area is 88.4 Å². The van der Waals surface area contributed by atoms with E-state index in [1.54, 1.807) is 18.7 Å². The van der Waals surface area contributed by atoms with Gasteiger partial charge in [0.25, 0.3) is 0 Å². The first-order valence-electron chi connectivity index (χ1n) is 4.88. The van der Waals surface area contributed by atoms with Gasteiger partial charge in [-0.05, 0) is 36.2 Å². The van der Waals surface area contributed by atoms with Crippen LogP contribution in [0.1, 0.15) is 23.0 Å². The third-order valence-corrected chi connectivity index (χ3v) is 2.40. The number of hydrogen-bond acceptors (Lipinski definition) is 3. The number of nitrogens with zero attached hydrogens (tertiary/aromatic N) is 1. The molecule has 0 aliphatic carbocycles. The van der Waals surface area contributed by atoms with Crippen LogP contribution in [0.25, 0.3) is 0 Å². The molecule has 0 amide bonds. The minimum absolute atomic E-state index is 0.498. The maximum absolute atomic E-state index is 9.99. The smallest absolute Gasteiger partial charge is 0.106 e. The molecule has 0 saturated heterocycles. The predicted molar refractivity (Wildman–Crippen MR) is 56.3 cm³/mol. The summed E-state index contributed by atoms with van der Waals surface area (Å²) >= 11 is 0. The van der Waals surface area contributed by atoms with Crippen molar-refractivity contribution in [3.63, 3.8) is 0 Å². The number of aliphatic hydroxyl groups is 1. The average Bonchev–Trinajstić information content (AvgIpc) is 2.71. The van der Waals surface area contributed by atoms with E-state index in [4.69, 9.17) is 4.42 Å². The third kappa shape index (κ3) is 2.25. The lowest BCUT2D eigenvalue weighted by molar-refractivity contribution is 0.169. The first kappa shape index (κ1) is 9.93. The van der Waals surface area contributed by atoms with Gasteiger partial charge in [0.1, 0.15) is 5.76 Å². The van der Waals surface area contributed by atoms with Crippen molar-refractivity contribution in [3.8, 4) is 0 Å². The van der Waals surface area contributed by atoms with Gasteiger partial charge in [0.2, 0.25) is 0 Å². The molecule has 0 saturated carbocycles. The highest BCUT2D eigenvalue weighted by molar-refractivity contribution is 5.24. The van der Waals surface area contributed by atoms with Gasteiger partial charge in [-0.3, -0.25) is 4.98 Å². The van der Waals surface area contributed by atoms with Crippen LogP contribution < -0.4 is 0 Å². The van der Waals surface area contributed by atoms with E-state index in [1.807, 2.05) is 25.1 Å². The van der Waals surface area contributed by atoms with Crippen LogP contribution in [0.15, 0.2) is 41.3 Å². The molecule has 2 aromatic rings. The molecule has 78 valence electrons. The molecule has 1 N–H and O–H groups in total. The second-order valence-corrected chi connectivity index (χ2v) is 3.53. The van der Waals surface area contributed by atoms with Crippen molar-refractivity contribution < 1.29 is 9.52 Å². The average molecular weight is 203 g/mol. The molecule has 0 radical (unpaired) electrons. The number of furan rings is 1. The molecule has 1 atom stereocenters. The van der Waals surface area contributed by atoms with Crippen molar-refractivity contribution in [3.05, 3.63) is 53.7 Å². The topological polar surface area (TPSA) is 46.3 Å². The van der Waals surface area contributed by atoms with Crippen LogP contribution in [0.2, 0.25) is 0 Å². The monoisotopic (exact) mass is 203 g/mol. The molecule has 2 heterocycles. The molecular weight excluding hydrogens is 190 g/mol. The van der Waals surface area contributed by atoms with E-state index >= 15 is 0 Å². The summed E-state index contributed by atoms with van der Waals surface area (Å²) in [6.45, 7) is 1.94. The molecule has 2 rings (SSSR count). The Morgan fingerprint density at radius 3 is 3.00 bits per heavy atom. The minimum Gasteiger partial charge on any atom is -0.469 e. The molecule has 0 fully saturated rings. The zero-order chi connectivity index (χ0) is 10.7. The first-order chi connectivity index (χ1) is 7.27. The number of aromatic nitrogens is 1. The van der Waals surface area contributed by atoms with E-state index in [1.165, 1.54) is 0 Å². The quantitative estimate of drug-likeness (QED) is 0.832. The highest BCUT2D eigenvalue weighted by Gasteiger charge is 2.12. The van der Waals surface area contributed by atoms with Gasteiger partial charge < -0.3 is 9.52 Å². The summed E-state index contributed by atoms with van der Waals surface area (Å²) in [5.74, 6) is 0.790. The summed E-state index contributed by atoms with van der Waals surface area (Å²) in [5.41, 5.74) is 1.90. The van der Waals surface area contributed by atoms with Crippen LogP contribution in [0, 0.1) is 6.92 Å². The van der Waals surface area contributed by atoms with E-state index in [9.17, 15) is 5.11 Å². The molecule has 1 unspecified atom stereocenters. The summed E-state index contributed by atoms with van der Waals surface area (Å²) in [7, 11) is 0. The van der Waals surface area contributed by atoms with Gasteiger partial charge in [0.15, 0.2) is 0 Å². The molecule has 2 aromatic heterocycles. The van der Waals surface area contributed by atoms with E-state index in [0.717, 1.165) is 16.9 Å². The molecule has 0 aliphatic rings. The minimum atomic E-state index is -0.529. The van der Waals surface area contributed by atoms with E-state index in [0.29, 0.717) is 6.42 Å². The molecule has 0 spiro atoms. The van der Waals surface area contributed by atoms with Gasteiger partial charge in [-0.25, -0.2) is 0 Å². The Hall–Kier alpha value is -1.61. The van der Waals surface area contributed by atoms with Crippen LogP contribution in [0.3, 0.4) is 0 Å². The highest BCUT2D eigenvalue weighted by Crippen LogP contribution is 2.20. The second-order valence-electron chi connectivity index (χ2n) is 3.53. The lowest BCUT2D eigenvalue weighted by Gasteiger charge is -2.11. The fraction of sp³-hybridized carbons (Fsp3) is 0.250. The van der Waals surface area contributed by atoms with Gasteiger partial charge in [-0.1, -0.05) is 0 Å². The van der Waals surface area contributed by atoms with Crippen molar-refractivity contribution >= 4 is 0 Å². The van der Waals surface area contributed by atoms with Crippen LogP contribution in [0.5, 0.6) is 0 Å². The van der Waals surface area contributed by atoms with Crippen molar-refractivity contribution in [2.75, 3.05) is 0 Å². The third-order valence-electron chi connectivity index (χ3n) is 2.40. The van der Waals surface area contributed by atoms with Gasteiger partial charge >= 0.3 is 0 Å². The summed E-state index contributed by atoms with van der Waals surface area (Å²) in [5, 5.41) is 9.99. The van der Waals surface area contributed by atoms with Crippen LogP contribution >= 0.6 is 0 Å². The van der Waals surface area contributed by atoms with Crippen molar-refractivity contribution in [1.29, 1.82) is 0 Å². The molecule has 15 heavy (non-hydrogen) atoms. The van der Waals surface area contributed by atoms with Crippen LogP contribution in [-0.4, -0.2) is 10.1 Å². The predicted octanol–water partition coefficient (Wildman–Crippen LogP) is 2.26. The van der Waals surface area contributed by atoms with Gasteiger partial charge in [0.05, 0.1) is 12.4 Å². The highest BCUT2D eigenvalue weighted by atomic mass is 16.3. The summed E-state index contributed by atoms with van der Waals surface area (Å²) in [4.78, 5) is 3.99. The zero-order valence-electron chi connectivity index (χ0n) is 8.55. The number of aliphatic hydroxyl groups excluding tert-OH is 1. The van der Waals surface area contributed by atoms with Gasteiger partial charge in [-0.15, -0.1) is 0 Å². The molecular formula is C12H13NO2. The number of aryl methyl sites for hydroxylation is 1. The maximum atomic E-state index is 9.99. The van der Waals surface area contributed by atoms with Crippen LogP contribution in [-0.2, 0) is 6.42 Å². The largest absolute Gasteiger partial charge is 0.469 e. The Balaban J connectivity index is 2.15. The summed E-state index contributed by atoms with van der Waals surface area (Å²) in [6, 6.07) is 5.52. The number of hydrogen-bond donors (Lipinski definition) is 1. The van der Waals surface area contributed by atoms with Gasteiger partial charge in [-0.2, -0.15) is 0 Å². The summed E-state index contributed by atoms with van der Waals surface area (Å²) < 4.78 is 5.19. The summed E-state index contributed by atoms with van der Waals surface area (Å²) in [6.07, 6.45) is 5.02. The number of rotatable bonds is 3. The Morgan fingerprint density at radius 2 is 2.33 bits per heavy atom. The fourth-order valence-corrected chi connectivity index (χ4v) is 1.59. The Bertz CT molecular complexity index is 423. The second kappa shape index (κ2) is 4.28. The Morgan fingerprint density at radius 1 is 1.47 bits per heavy atom. The normalized spacial score (nSPS) is 12.7. The zero-order valence-corrected chi connectivity index (χ0v) is 8.55. The fourth-order valence-electron chi connectivity index (χ4n) is 1.59. The molecule has 3 heteroatoms. The van der Waals surface area contributed by atoms with Crippen molar-refractivity contribution in [2.24, 2.45) is 0 Å². The maximum Gasteiger partial charge on any atom is 0.106 e. The molecule has 0 bridgehead atoms. The van der Waals surface area contributed by atoms with Crippen molar-refractivity contribution in [2.45, 2.75) is 19.4 Å². The molecule has 0 aromatic carbocycles. The first-order valence-corrected chi connectivity index (χ1v) is 4.88. The standard InChI is InChI=1S/C12H13NO2/c1-9-8-13-5-4-11(9)12(14)7-10-3-2-6-15-10/h2-6,8,12,14H,7H2,1H3. The lowest BCUT2D eigenvalue weighted by Crippen LogP contribution is -2.03. The van der Waals surface area contributed by atoms with Crippen LogP contribution in [0.4, 0.5) is 0 Å². The van der Waals surface area contributed by atoms with E-state index in [-0.39, 0.29) is 0 Å².